The minimum absolute atomic E-state index is 0.00519. The summed E-state index contributed by atoms with van der Waals surface area (Å²) in [5.74, 6) is 0.795. The summed E-state index contributed by atoms with van der Waals surface area (Å²) in [7, 11) is 1.65. The zero-order valence-electron chi connectivity index (χ0n) is 16.2. The van der Waals surface area contributed by atoms with E-state index in [9.17, 15) is 4.79 Å². The normalized spacial score (nSPS) is 21.4. The maximum absolute atomic E-state index is 12.6. The van der Waals surface area contributed by atoms with E-state index < -0.39 is 0 Å². The highest BCUT2D eigenvalue weighted by atomic mass is 16.5. The van der Waals surface area contributed by atoms with Gasteiger partial charge in [-0.1, -0.05) is 48.5 Å². The number of morpholine rings is 1. The molecule has 1 aliphatic heterocycles. The van der Waals surface area contributed by atoms with Crippen LogP contribution in [-0.2, 0) is 9.53 Å². The highest BCUT2D eigenvalue weighted by Gasteiger charge is 2.28. The molecule has 1 heterocycles. The molecule has 144 valence electrons. The van der Waals surface area contributed by atoms with Crippen molar-refractivity contribution < 1.29 is 14.3 Å². The number of methoxy groups -OCH3 is 1. The van der Waals surface area contributed by atoms with E-state index in [1.54, 1.807) is 7.11 Å². The molecule has 0 aromatic heterocycles. The Morgan fingerprint density at radius 2 is 1.89 bits per heavy atom. The molecule has 0 aliphatic carbocycles. The van der Waals surface area contributed by atoms with E-state index in [1.165, 1.54) is 0 Å². The third kappa shape index (κ3) is 5.08. The lowest BCUT2D eigenvalue weighted by molar-refractivity contribution is -0.127. The largest absolute Gasteiger partial charge is 0.496 e. The van der Waals surface area contributed by atoms with E-state index in [4.69, 9.17) is 9.47 Å². The number of hydrogen-bond acceptors (Lipinski definition) is 4. The van der Waals surface area contributed by atoms with Crippen molar-refractivity contribution in [2.24, 2.45) is 0 Å². The molecule has 1 fully saturated rings. The fraction of sp³-hybridized carbons (Fsp3) is 0.409. The quantitative estimate of drug-likeness (QED) is 0.850. The van der Waals surface area contributed by atoms with Gasteiger partial charge >= 0.3 is 0 Å². The van der Waals surface area contributed by atoms with Crippen LogP contribution >= 0.6 is 0 Å². The summed E-state index contributed by atoms with van der Waals surface area (Å²) >= 11 is 0. The number of nitrogens with one attached hydrogen (secondary N) is 1. The molecule has 1 saturated heterocycles. The number of carbonyl (C=O) groups is 1. The van der Waals surface area contributed by atoms with Crippen LogP contribution in [-0.4, -0.2) is 43.7 Å². The number of carbonyl (C=O) groups excluding carboxylic acids is 1. The highest BCUT2D eigenvalue weighted by molar-refractivity contribution is 5.78. The lowest BCUT2D eigenvalue weighted by atomic mass is 10.1. The first-order chi connectivity index (χ1) is 13.1. The fourth-order valence-corrected chi connectivity index (χ4v) is 3.61. The average Bonchev–Trinajstić information content (AvgIpc) is 2.68. The van der Waals surface area contributed by atoms with Crippen molar-refractivity contribution in [1.29, 1.82) is 0 Å². The molecular weight excluding hydrogens is 340 g/mol. The third-order valence-electron chi connectivity index (χ3n) is 4.86. The van der Waals surface area contributed by atoms with E-state index in [1.807, 2.05) is 49.4 Å². The molecule has 27 heavy (non-hydrogen) atoms. The van der Waals surface area contributed by atoms with Gasteiger partial charge in [-0.05, 0) is 25.5 Å². The second kappa shape index (κ2) is 9.02. The number of para-hydroxylation sites is 1. The van der Waals surface area contributed by atoms with Crippen molar-refractivity contribution in [3.8, 4) is 5.75 Å². The maximum atomic E-state index is 12.6. The van der Waals surface area contributed by atoms with Crippen LogP contribution in [0.15, 0.2) is 54.6 Å². The Hall–Kier alpha value is -2.37. The lowest BCUT2D eigenvalue weighted by Gasteiger charge is -2.36. The monoisotopic (exact) mass is 368 g/mol. The predicted molar refractivity (Wildman–Crippen MR) is 106 cm³/mol. The van der Waals surface area contributed by atoms with Crippen molar-refractivity contribution >= 4 is 5.91 Å². The van der Waals surface area contributed by atoms with Gasteiger partial charge in [0, 0.05) is 18.7 Å². The number of rotatable bonds is 6. The van der Waals surface area contributed by atoms with E-state index in [-0.39, 0.29) is 24.2 Å². The van der Waals surface area contributed by atoms with Crippen molar-refractivity contribution in [3.05, 3.63) is 65.7 Å². The van der Waals surface area contributed by atoms with Gasteiger partial charge in [-0.25, -0.2) is 0 Å². The fourth-order valence-electron chi connectivity index (χ4n) is 3.61. The van der Waals surface area contributed by atoms with Gasteiger partial charge in [-0.2, -0.15) is 0 Å². The summed E-state index contributed by atoms with van der Waals surface area (Å²) in [5.41, 5.74) is 2.13. The van der Waals surface area contributed by atoms with Crippen LogP contribution in [0.4, 0.5) is 0 Å². The summed E-state index contributed by atoms with van der Waals surface area (Å²) in [6, 6.07) is 17.8. The number of ether oxygens (including phenoxy) is 2. The summed E-state index contributed by atoms with van der Waals surface area (Å²) in [6.07, 6.45) is 0.0813. The molecule has 5 nitrogen and oxygen atoms in total. The number of benzene rings is 2. The third-order valence-corrected chi connectivity index (χ3v) is 4.86. The Bertz CT molecular complexity index is 750. The Labute approximate surface area is 161 Å². The second-order valence-corrected chi connectivity index (χ2v) is 7.07. The van der Waals surface area contributed by atoms with Gasteiger partial charge in [-0.15, -0.1) is 0 Å². The molecule has 3 atom stereocenters. The van der Waals surface area contributed by atoms with Crippen molar-refractivity contribution in [2.45, 2.75) is 32.1 Å². The van der Waals surface area contributed by atoms with Gasteiger partial charge < -0.3 is 14.8 Å². The molecule has 0 bridgehead atoms. The Morgan fingerprint density at radius 1 is 1.19 bits per heavy atom. The smallest absolute Gasteiger partial charge is 0.234 e. The molecule has 1 amide bonds. The van der Waals surface area contributed by atoms with Crippen molar-refractivity contribution in [1.82, 2.24) is 10.2 Å². The van der Waals surface area contributed by atoms with Crippen LogP contribution in [0.1, 0.15) is 37.1 Å². The standard InChI is InChI=1S/C22H28N2O3/c1-16-13-24(14-21(27-16)18-9-5-4-6-10-18)15-22(25)23-17(2)19-11-7-8-12-20(19)26-3/h4-12,16-17,21H,13-15H2,1-3H3,(H,23,25). The Balaban J connectivity index is 1.60. The van der Waals surface area contributed by atoms with E-state index >= 15 is 0 Å². The summed E-state index contributed by atoms with van der Waals surface area (Å²) < 4.78 is 11.5. The Morgan fingerprint density at radius 3 is 2.63 bits per heavy atom. The lowest BCUT2D eigenvalue weighted by Crippen LogP contribution is -2.47. The molecular formula is C22H28N2O3. The summed E-state index contributed by atoms with van der Waals surface area (Å²) in [6.45, 7) is 5.85. The molecule has 0 saturated carbocycles. The molecule has 0 radical (unpaired) electrons. The summed E-state index contributed by atoms with van der Waals surface area (Å²) in [4.78, 5) is 14.8. The van der Waals surface area contributed by atoms with Crippen LogP contribution in [0.2, 0.25) is 0 Å². The topological polar surface area (TPSA) is 50.8 Å². The van der Waals surface area contributed by atoms with E-state index in [2.05, 4.69) is 29.3 Å². The zero-order valence-corrected chi connectivity index (χ0v) is 16.2. The molecule has 3 rings (SSSR count). The van der Waals surface area contributed by atoms with Crippen LogP contribution in [0, 0.1) is 0 Å². The van der Waals surface area contributed by atoms with Gasteiger partial charge in [-0.3, -0.25) is 9.69 Å². The molecule has 3 unspecified atom stereocenters. The van der Waals surface area contributed by atoms with Crippen molar-refractivity contribution in [3.63, 3.8) is 0 Å². The first kappa shape index (κ1) is 19.4. The number of hydrogen-bond donors (Lipinski definition) is 1. The van der Waals surface area contributed by atoms with Gasteiger partial charge in [0.05, 0.1) is 31.9 Å². The molecule has 5 heteroatoms. The van der Waals surface area contributed by atoms with E-state index in [0.29, 0.717) is 13.1 Å². The zero-order chi connectivity index (χ0) is 19.2. The maximum Gasteiger partial charge on any atom is 0.234 e. The van der Waals surface area contributed by atoms with Gasteiger partial charge in [0.25, 0.3) is 0 Å². The van der Waals surface area contributed by atoms with Gasteiger partial charge in [0.2, 0.25) is 5.91 Å². The van der Waals surface area contributed by atoms with Gasteiger partial charge in [0.15, 0.2) is 0 Å². The molecule has 1 aliphatic rings. The number of amides is 1. The Kier molecular flexibility index (Phi) is 6.48. The summed E-state index contributed by atoms with van der Waals surface area (Å²) in [5, 5.41) is 3.09. The highest BCUT2D eigenvalue weighted by Crippen LogP contribution is 2.26. The second-order valence-electron chi connectivity index (χ2n) is 7.07. The van der Waals surface area contributed by atoms with Gasteiger partial charge in [0.1, 0.15) is 5.75 Å². The van der Waals surface area contributed by atoms with E-state index in [0.717, 1.165) is 23.4 Å². The first-order valence-corrected chi connectivity index (χ1v) is 9.42. The van der Waals surface area contributed by atoms with Crippen LogP contribution in [0.3, 0.4) is 0 Å². The molecule has 2 aromatic carbocycles. The minimum Gasteiger partial charge on any atom is -0.496 e. The van der Waals surface area contributed by atoms with Crippen LogP contribution in [0.5, 0.6) is 5.75 Å². The number of nitrogens with zero attached hydrogens (tertiary/aromatic N) is 1. The predicted octanol–water partition coefficient (Wildman–Crippen LogP) is 3.33. The molecule has 2 aromatic rings. The van der Waals surface area contributed by atoms with Crippen LogP contribution < -0.4 is 10.1 Å². The van der Waals surface area contributed by atoms with Crippen LogP contribution in [0.25, 0.3) is 0 Å². The van der Waals surface area contributed by atoms with Crippen molar-refractivity contribution in [2.75, 3.05) is 26.7 Å². The SMILES string of the molecule is COc1ccccc1C(C)NC(=O)CN1CC(C)OC(c2ccccc2)C1. The molecule has 1 N–H and O–H groups in total. The first-order valence-electron chi connectivity index (χ1n) is 9.42. The average molecular weight is 368 g/mol. The minimum atomic E-state index is -0.114. The molecule has 0 spiro atoms.